The third-order valence-electron chi connectivity index (χ3n) is 3.34. The van der Waals surface area contributed by atoms with Crippen molar-refractivity contribution >= 4 is 0 Å². The maximum absolute atomic E-state index is 10.3. The molecule has 0 aliphatic heterocycles. The van der Waals surface area contributed by atoms with Gasteiger partial charge in [0.15, 0.2) is 11.5 Å². The van der Waals surface area contributed by atoms with E-state index in [9.17, 15) is 10.2 Å². The lowest BCUT2D eigenvalue weighted by atomic mass is 9.94. The number of aliphatic hydroxyl groups is 1. The number of rotatable bonds is 7. The minimum atomic E-state index is -0.719. The van der Waals surface area contributed by atoms with E-state index >= 15 is 0 Å². The molecule has 0 amide bonds. The minimum Gasteiger partial charge on any atom is -0.504 e. The normalized spacial score (nSPS) is 15.9. The third-order valence-corrected chi connectivity index (χ3v) is 3.34. The van der Waals surface area contributed by atoms with E-state index in [-0.39, 0.29) is 11.8 Å². The number of aromatic hydroxyl groups is 1. The highest BCUT2D eigenvalue weighted by Crippen LogP contribution is 2.29. The molecule has 0 fully saturated rings. The second kappa shape index (κ2) is 6.95. The Labute approximate surface area is 121 Å². The van der Waals surface area contributed by atoms with Gasteiger partial charge in [-0.3, -0.25) is 0 Å². The Morgan fingerprint density at radius 2 is 1.95 bits per heavy atom. The summed E-state index contributed by atoms with van der Waals surface area (Å²) >= 11 is 0. The van der Waals surface area contributed by atoms with E-state index < -0.39 is 5.60 Å². The molecule has 20 heavy (non-hydrogen) atoms. The Kier molecular flexibility index (Phi) is 5.84. The Hall–Kier alpha value is -1.26. The molecule has 0 bridgehead atoms. The van der Waals surface area contributed by atoms with Gasteiger partial charge < -0.3 is 20.3 Å². The largest absolute Gasteiger partial charge is 0.504 e. The van der Waals surface area contributed by atoms with Crippen LogP contribution in [0.2, 0.25) is 0 Å². The predicted molar refractivity (Wildman–Crippen MR) is 81.2 cm³/mol. The summed E-state index contributed by atoms with van der Waals surface area (Å²) < 4.78 is 5.11. The highest BCUT2D eigenvalue weighted by molar-refractivity contribution is 5.42. The van der Waals surface area contributed by atoms with Crippen LogP contribution in [0.1, 0.15) is 45.7 Å². The first-order valence-corrected chi connectivity index (χ1v) is 7.08. The fraction of sp³-hybridized carbons (Fsp3) is 0.625. The van der Waals surface area contributed by atoms with E-state index in [2.05, 4.69) is 19.2 Å². The fourth-order valence-electron chi connectivity index (χ4n) is 2.41. The number of methoxy groups -OCH3 is 1. The van der Waals surface area contributed by atoms with Gasteiger partial charge in [0.2, 0.25) is 0 Å². The second-order valence-electron chi connectivity index (χ2n) is 6.13. The van der Waals surface area contributed by atoms with Gasteiger partial charge in [-0.25, -0.2) is 0 Å². The Balaban J connectivity index is 2.65. The van der Waals surface area contributed by atoms with Gasteiger partial charge >= 0.3 is 0 Å². The lowest BCUT2D eigenvalue weighted by molar-refractivity contribution is 0.0363. The maximum Gasteiger partial charge on any atom is 0.160 e. The second-order valence-corrected chi connectivity index (χ2v) is 6.13. The Morgan fingerprint density at radius 1 is 1.30 bits per heavy atom. The molecule has 0 saturated carbocycles. The molecular weight excluding hydrogens is 254 g/mol. The van der Waals surface area contributed by atoms with E-state index in [0.717, 1.165) is 12.0 Å². The molecule has 1 rings (SSSR count). The number of nitrogens with one attached hydrogen (secondary N) is 1. The fourth-order valence-corrected chi connectivity index (χ4v) is 2.41. The number of ether oxygens (including phenoxy) is 1. The van der Waals surface area contributed by atoms with E-state index in [1.807, 2.05) is 26.0 Å². The van der Waals surface area contributed by atoms with Crippen molar-refractivity contribution in [3.8, 4) is 11.5 Å². The van der Waals surface area contributed by atoms with Crippen molar-refractivity contribution in [1.82, 2.24) is 5.32 Å². The molecular formula is C16H27NO3. The van der Waals surface area contributed by atoms with Gasteiger partial charge in [0.05, 0.1) is 12.7 Å². The van der Waals surface area contributed by atoms with Gasteiger partial charge in [-0.05, 0) is 43.9 Å². The molecule has 0 aliphatic rings. The third kappa shape index (κ3) is 5.02. The van der Waals surface area contributed by atoms with Gasteiger partial charge in [-0.1, -0.05) is 19.9 Å². The van der Waals surface area contributed by atoms with E-state index in [1.165, 1.54) is 7.11 Å². The number of phenols is 1. The maximum atomic E-state index is 10.3. The zero-order valence-corrected chi connectivity index (χ0v) is 13.1. The summed E-state index contributed by atoms with van der Waals surface area (Å²) in [5.41, 5.74) is 0.295. The van der Waals surface area contributed by atoms with Gasteiger partial charge in [-0.15, -0.1) is 0 Å². The number of phenolic OH excluding ortho intramolecular Hbond substituents is 1. The van der Waals surface area contributed by atoms with E-state index in [4.69, 9.17) is 4.74 Å². The van der Waals surface area contributed by atoms with Crippen LogP contribution >= 0.6 is 0 Å². The standard InChI is InChI=1S/C16H27NO3/c1-11(2)9-16(4,19)10-17-12(3)13-6-7-14(18)15(8-13)20-5/h6-8,11-12,17-19H,9-10H2,1-5H3. The average molecular weight is 281 g/mol. The van der Waals surface area contributed by atoms with Crippen LogP contribution in [-0.2, 0) is 0 Å². The first-order chi connectivity index (χ1) is 9.25. The van der Waals surface area contributed by atoms with Crippen molar-refractivity contribution in [1.29, 1.82) is 0 Å². The van der Waals surface area contributed by atoms with Crippen LogP contribution in [0.15, 0.2) is 18.2 Å². The zero-order valence-electron chi connectivity index (χ0n) is 13.1. The monoisotopic (exact) mass is 281 g/mol. The topological polar surface area (TPSA) is 61.7 Å². The van der Waals surface area contributed by atoms with Crippen LogP contribution in [0, 0.1) is 5.92 Å². The molecule has 114 valence electrons. The van der Waals surface area contributed by atoms with Crippen molar-refractivity contribution in [2.75, 3.05) is 13.7 Å². The van der Waals surface area contributed by atoms with Crippen molar-refractivity contribution in [2.45, 2.75) is 45.8 Å². The average Bonchev–Trinajstić information content (AvgIpc) is 2.35. The molecule has 0 aromatic heterocycles. The Morgan fingerprint density at radius 3 is 2.50 bits per heavy atom. The first-order valence-electron chi connectivity index (χ1n) is 7.08. The molecule has 4 heteroatoms. The number of benzene rings is 1. The molecule has 0 saturated heterocycles. The molecule has 0 spiro atoms. The summed E-state index contributed by atoms with van der Waals surface area (Å²) in [6.45, 7) is 8.60. The molecule has 2 atom stereocenters. The minimum absolute atomic E-state index is 0.0723. The molecule has 0 radical (unpaired) electrons. The van der Waals surface area contributed by atoms with E-state index in [0.29, 0.717) is 18.2 Å². The molecule has 0 aliphatic carbocycles. The van der Waals surface area contributed by atoms with Gasteiger partial charge in [-0.2, -0.15) is 0 Å². The van der Waals surface area contributed by atoms with Crippen LogP contribution in [0.5, 0.6) is 11.5 Å². The summed E-state index contributed by atoms with van der Waals surface area (Å²) in [6.07, 6.45) is 0.756. The Bertz CT molecular complexity index is 430. The van der Waals surface area contributed by atoms with Crippen LogP contribution in [0.4, 0.5) is 0 Å². The van der Waals surface area contributed by atoms with Crippen molar-refractivity contribution in [2.24, 2.45) is 5.92 Å². The molecule has 1 aromatic carbocycles. The lowest BCUT2D eigenvalue weighted by Crippen LogP contribution is -2.39. The van der Waals surface area contributed by atoms with E-state index in [1.54, 1.807) is 6.07 Å². The molecule has 4 nitrogen and oxygen atoms in total. The SMILES string of the molecule is COc1cc(C(C)NCC(C)(O)CC(C)C)ccc1O. The number of hydrogen-bond donors (Lipinski definition) is 3. The molecule has 2 unspecified atom stereocenters. The summed E-state index contributed by atoms with van der Waals surface area (Å²) in [5.74, 6) is 1.05. The van der Waals surface area contributed by atoms with Gasteiger partial charge in [0.1, 0.15) is 0 Å². The van der Waals surface area contributed by atoms with Crippen LogP contribution in [0.25, 0.3) is 0 Å². The summed E-state index contributed by atoms with van der Waals surface area (Å²) in [5, 5.41) is 23.2. The predicted octanol–water partition coefficient (Wildman–Crippen LogP) is 2.85. The summed E-state index contributed by atoms with van der Waals surface area (Å²) in [6, 6.07) is 5.36. The molecule has 1 aromatic rings. The number of hydrogen-bond acceptors (Lipinski definition) is 4. The summed E-state index contributed by atoms with van der Waals surface area (Å²) in [4.78, 5) is 0. The van der Waals surface area contributed by atoms with Crippen LogP contribution in [-0.4, -0.2) is 29.5 Å². The zero-order chi connectivity index (χ0) is 15.3. The highest BCUT2D eigenvalue weighted by atomic mass is 16.5. The molecule has 0 heterocycles. The van der Waals surface area contributed by atoms with Gasteiger partial charge in [0.25, 0.3) is 0 Å². The van der Waals surface area contributed by atoms with Crippen LogP contribution < -0.4 is 10.1 Å². The quantitative estimate of drug-likeness (QED) is 0.719. The molecule has 3 N–H and O–H groups in total. The van der Waals surface area contributed by atoms with Gasteiger partial charge in [0, 0.05) is 12.6 Å². The highest BCUT2D eigenvalue weighted by Gasteiger charge is 2.22. The van der Waals surface area contributed by atoms with Crippen LogP contribution in [0.3, 0.4) is 0 Å². The van der Waals surface area contributed by atoms with Crippen molar-refractivity contribution < 1.29 is 14.9 Å². The van der Waals surface area contributed by atoms with Crippen molar-refractivity contribution in [3.63, 3.8) is 0 Å². The summed E-state index contributed by atoms with van der Waals surface area (Å²) in [7, 11) is 1.53. The lowest BCUT2D eigenvalue weighted by Gasteiger charge is -2.28. The van der Waals surface area contributed by atoms with Crippen molar-refractivity contribution in [3.05, 3.63) is 23.8 Å². The first kappa shape index (κ1) is 16.8. The smallest absolute Gasteiger partial charge is 0.160 e.